The van der Waals surface area contributed by atoms with Crippen LogP contribution in [0.25, 0.3) is 27.9 Å². The molecular weight excluding hydrogens is 494 g/mol. The van der Waals surface area contributed by atoms with Gasteiger partial charge in [0.25, 0.3) is 5.56 Å². The molecular formula is C31H45N3O3S. The van der Waals surface area contributed by atoms with Gasteiger partial charge < -0.3 is 14.7 Å². The number of Topliss-reactive ketones (excluding diaryl/α,β-unsaturated/α-hetero) is 1. The number of methoxy groups -OCH3 is 1. The van der Waals surface area contributed by atoms with E-state index in [-0.39, 0.29) is 11.3 Å². The molecule has 1 aliphatic rings. The molecule has 3 heterocycles. The van der Waals surface area contributed by atoms with Gasteiger partial charge in [0.15, 0.2) is 5.78 Å². The Bertz CT molecular complexity index is 1230. The van der Waals surface area contributed by atoms with Gasteiger partial charge in [-0.3, -0.25) is 9.59 Å². The Balaban J connectivity index is 0.000000461. The Morgan fingerprint density at radius 3 is 2.34 bits per heavy atom. The van der Waals surface area contributed by atoms with Gasteiger partial charge in [-0.05, 0) is 44.6 Å². The predicted molar refractivity (Wildman–Crippen MR) is 163 cm³/mol. The van der Waals surface area contributed by atoms with Crippen molar-refractivity contribution in [1.82, 2.24) is 15.0 Å². The van der Waals surface area contributed by atoms with E-state index in [1.165, 1.54) is 50.1 Å². The molecule has 6 nitrogen and oxygen atoms in total. The van der Waals surface area contributed by atoms with Crippen LogP contribution in [-0.4, -0.2) is 34.5 Å². The van der Waals surface area contributed by atoms with Gasteiger partial charge in [0, 0.05) is 47.3 Å². The number of ether oxygens (including phenoxy) is 1. The van der Waals surface area contributed by atoms with Crippen LogP contribution < -0.4 is 5.56 Å². The van der Waals surface area contributed by atoms with Crippen molar-refractivity contribution in [2.24, 2.45) is 5.41 Å². The van der Waals surface area contributed by atoms with E-state index in [0.29, 0.717) is 21.5 Å². The maximum Gasteiger partial charge on any atom is 0.258 e. The van der Waals surface area contributed by atoms with Crippen LogP contribution in [0.3, 0.4) is 0 Å². The molecule has 3 aromatic heterocycles. The number of pyridine rings is 1. The van der Waals surface area contributed by atoms with Crippen LogP contribution in [0.4, 0.5) is 0 Å². The zero-order chi connectivity index (χ0) is 28.7. The zero-order valence-corrected chi connectivity index (χ0v) is 25.2. The van der Waals surface area contributed by atoms with Gasteiger partial charge in [0.2, 0.25) is 0 Å². The van der Waals surface area contributed by atoms with Crippen LogP contribution in [-0.2, 0) is 4.74 Å². The van der Waals surface area contributed by atoms with E-state index in [4.69, 9.17) is 4.74 Å². The van der Waals surface area contributed by atoms with E-state index in [1.807, 2.05) is 44.5 Å². The van der Waals surface area contributed by atoms with E-state index in [2.05, 4.69) is 42.3 Å². The number of thiazole rings is 1. The fourth-order valence-electron chi connectivity index (χ4n) is 3.58. The second-order valence-corrected chi connectivity index (χ2v) is 9.91. The van der Waals surface area contributed by atoms with Crippen molar-refractivity contribution in [3.8, 4) is 21.8 Å². The van der Waals surface area contributed by atoms with Crippen molar-refractivity contribution in [1.29, 1.82) is 0 Å². The van der Waals surface area contributed by atoms with Crippen LogP contribution in [0.15, 0.2) is 47.4 Å². The van der Waals surface area contributed by atoms with E-state index in [0.717, 1.165) is 29.1 Å². The van der Waals surface area contributed by atoms with Crippen molar-refractivity contribution >= 4 is 23.2 Å². The van der Waals surface area contributed by atoms with Gasteiger partial charge >= 0.3 is 0 Å². The van der Waals surface area contributed by atoms with Crippen molar-refractivity contribution in [3.05, 3.63) is 69.7 Å². The minimum absolute atomic E-state index is 0.104. The summed E-state index contributed by atoms with van der Waals surface area (Å²) in [6.07, 6.45) is 14.2. The number of aryl methyl sites for hydroxylation is 1. The minimum atomic E-state index is -0.261. The third-order valence-corrected chi connectivity index (χ3v) is 6.88. The number of hydrogen-bond acceptors (Lipinski definition) is 5. The van der Waals surface area contributed by atoms with Gasteiger partial charge in [-0.25, -0.2) is 4.98 Å². The SMILES string of the molecule is C=C/C=C\c1c(-c2csc(-c3cc(C(C)=O)c[nH]c3=O)n2)c[nH]c1C.CC.CCC.CCC1(COC)CC1. The zero-order valence-electron chi connectivity index (χ0n) is 24.4. The number of aromatic amines is 2. The molecule has 0 aromatic carbocycles. The molecule has 1 fully saturated rings. The Morgan fingerprint density at radius 2 is 1.84 bits per heavy atom. The van der Waals surface area contributed by atoms with Crippen LogP contribution in [0.1, 0.15) is 88.8 Å². The largest absolute Gasteiger partial charge is 0.384 e. The van der Waals surface area contributed by atoms with Crippen molar-refractivity contribution in [3.63, 3.8) is 0 Å². The van der Waals surface area contributed by atoms with Gasteiger partial charge in [-0.1, -0.05) is 65.8 Å². The first-order valence-electron chi connectivity index (χ1n) is 13.4. The number of ketones is 1. The molecule has 7 heteroatoms. The number of carbonyl (C=O) groups is 1. The molecule has 0 atom stereocenters. The number of aromatic nitrogens is 3. The lowest BCUT2D eigenvalue weighted by molar-refractivity contribution is 0.101. The van der Waals surface area contributed by atoms with Crippen molar-refractivity contribution < 1.29 is 9.53 Å². The van der Waals surface area contributed by atoms with Crippen LogP contribution in [0.5, 0.6) is 0 Å². The van der Waals surface area contributed by atoms with Crippen LogP contribution in [0, 0.1) is 12.3 Å². The first-order chi connectivity index (χ1) is 18.2. The van der Waals surface area contributed by atoms with E-state index in [9.17, 15) is 9.59 Å². The highest BCUT2D eigenvalue weighted by Crippen LogP contribution is 2.48. The third kappa shape index (κ3) is 9.37. The monoisotopic (exact) mass is 539 g/mol. The molecule has 0 spiro atoms. The topological polar surface area (TPSA) is 87.8 Å². The first-order valence-corrected chi connectivity index (χ1v) is 14.3. The molecule has 38 heavy (non-hydrogen) atoms. The second kappa shape index (κ2) is 16.7. The average molecular weight is 540 g/mol. The lowest BCUT2D eigenvalue weighted by atomic mass is 10.1. The molecule has 0 aliphatic heterocycles. The molecule has 1 aliphatic carbocycles. The maximum absolute atomic E-state index is 12.1. The predicted octanol–water partition coefficient (Wildman–Crippen LogP) is 8.47. The molecule has 0 unspecified atom stereocenters. The summed E-state index contributed by atoms with van der Waals surface area (Å²) in [5, 5.41) is 2.49. The Hall–Kier alpha value is -3.03. The van der Waals surface area contributed by atoms with Crippen LogP contribution >= 0.6 is 11.3 Å². The average Bonchev–Trinajstić information content (AvgIpc) is 3.35. The fourth-order valence-corrected chi connectivity index (χ4v) is 4.41. The van der Waals surface area contributed by atoms with E-state index >= 15 is 0 Å². The molecule has 0 amide bonds. The summed E-state index contributed by atoms with van der Waals surface area (Å²) in [6.45, 7) is 18.6. The second-order valence-electron chi connectivity index (χ2n) is 9.05. The number of nitrogens with zero attached hydrogens (tertiary/aromatic N) is 1. The van der Waals surface area contributed by atoms with Gasteiger partial charge in [0.1, 0.15) is 5.01 Å². The summed E-state index contributed by atoms with van der Waals surface area (Å²) in [7, 11) is 1.79. The number of nitrogens with one attached hydrogen (secondary N) is 2. The van der Waals surface area contributed by atoms with Gasteiger partial charge in [-0.2, -0.15) is 0 Å². The highest BCUT2D eigenvalue weighted by atomic mass is 32.1. The molecule has 3 aromatic rings. The van der Waals surface area contributed by atoms with Crippen LogP contribution in [0.2, 0.25) is 0 Å². The summed E-state index contributed by atoms with van der Waals surface area (Å²) < 4.78 is 5.06. The molecule has 0 bridgehead atoms. The first kappa shape index (κ1) is 33.0. The number of carbonyl (C=O) groups excluding carboxylic acids is 1. The lowest BCUT2D eigenvalue weighted by Gasteiger charge is -2.08. The standard InChI is InChI=1S/C19H17N3O2S.C7H14O.C3H8.C2H6/c1-4-5-6-14-11(2)20-9-16(14)17-10-25-19(22-17)15-7-13(12(3)23)8-21-18(15)24;1-3-7(4-5-7)6-8-2;1-3-2;1-2/h4-10,20H,1H2,2-3H3,(H,21,24);3-6H2,1-2H3;3H2,1-2H3;1-2H3/b6-5-;;;. The quantitative estimate of drug-likeness (QED) is 0.222. The minimum Gasteiger partial charge on any atom is -0.384 e. The number of allylic oxidation sites excluding steroid dienone is 2. The Kier molecular flexibility index (Phi) is 14.5. The molecule has 2 N–H and O–H groups in total. The number of rotatable bonds is 8. The third-order valence-electron chi connectivity index (χ3n) is 6.00. The summed E-state index contributed by atoms with van der Waals surface area (Å²) >= 11 is 1.37. The summed E-state index contributed by atoms with van der Waals surface area (Å²) in [5.41, 5.74) is 5.01. The Labute approximate surface area is 232 Å². The molecule has 1 saturated carbocycles. The maximum atomic E-state index is 12.1. The smallest absolute Gasteiger partial charge is 0.258 e. The summed E-state index contributed by atoms with van der Waals surface area (Å²) in [6, 6.07) is 1.59. The molecule has 0 radical (unpaired) electrons. The summed E-state index contributed by atoms with van der Waals surface area (Å²) in [4.78, 5) is 34.1. The van der Waals surface area contributed by atoms with Crippen molar-refractivity contribution in [2.75, 3.05) is 13.7 Å². The lowest BCUT2D eigenvalue weighted by Crippen LogP contribution is -2.10. The van der Waals surface area contributed by atoms with E-state index in [1.54, 1.807) is 19.3 Å². The van der Waals surface area contributed by atoms with Crippen molar-refractivity contribution in [2.45, 2.75) is 74.1 Å². The van der Waals surface area contributed by atoms with Gasteiger partial charge in [-0.15, -0.1) is 11.3 Å². The number of H-pyrrole nitrogens is 2. The normalized spacial score (nSPS) is 12.8. The highest BCUT2D eigenvalue weighted by molar-refractivity contribution is 7.13. The van der Waals surface area contributed by atoms with E-state index < -0.39 is 0 Å². The summed E-state index contributed by atoms with van der Waals surface area (Å²) in [5.74, 6) is -0.104. The van der Waals surface area contributed by atoms with Gasteiger partial charge in [0.05, 0.1) is 17.9 Å². The number of hydrogen-bond donors (Lipinski definition) is 2. The fraction of sp³-hybridized carbons (Fsp3) is 0.452. The Morgan fingerprint density at radius 1 is 1.18 bits per heavy atom. The highest BCUT2D eigenvalue weighted by Gasteiger charge is 2.40. The molecule has 4 rings (SSSR count). The molecule has 208 valence electrons. The molecule has 0 saturated heterocycles.